The largest absolute Gasteiger partial charge is 0.310 e. The third-order valence-corrected chi connectivity index (χ3v) is 3.49. The molecule has 1 aliphatic rings. The maximum absolute atomic E-state index is 13.5. The summed E-state index contributed by atoms with van der Waals surface area (Å²) in [4.78, 5) is 0.137. The van der Waals surface area contributed by atoms with Gasteiger partial charge in [-0.05, 0) is 36.3 Å². The van der Waals surface area contributed by atoms with Crippen LogP contribution in [0.15, 0.2) is 17.0 Å². The molecule has 1 N–H and O–H groups in total. The fourth-order valence-corrected chi connectivity index (χ4v) is 2.23. The van der Waals surface area contributed by atoms with Gasteiger partial charge in [0.1, 0.15) is 11.6 Å². The van der Waals surface area contributed by atoms with Crippen LogP contribution in [0.5, 0.6) is 0 Å². The molecule has 1 aromatic rings. The molecule has 1 saturated carbocycles. The molecule has 0 aliphatic heterocycles. The Balaban J connectivity index is 2.08. The summed E-state index contributed by atoms with van der Waals surface area (Å²) >= 11 is 1.20. The first kappa shape index (κ1) is 11.9. The van der Waals surface area contributed by atoms with Gasteiger partial charge >= 0.3 is 0 Å². The second-order valence-corrected chi connectivity index (χ2v) is 5.25. The van der Waals surface area contributed by atoms with E-state index in [1.807, 2.05) is 6.92 Å². The van der Waals surface area contributed by atoms with E-state index in [2.05, 4.69) is 5.32 Å². The average Bonchev–Trinajstić information content (AvgIpc) is 3.04. The molecule has 0 heterocycles. The van der Waals surface area contributed by atoms with Gasteiger partial charge < -0.3 is 5.32 Å². The molecule has 1 fully saturated rings. The average molecular weight is 243 g/mol. The molecule has 0 saturated heterocycles. The zero-order chi connectivity index (χ0) is 11.5. The van der Waals surface area contributed by atoms with Crippen molar-refractivity contribution in [1.29, 1.82) is 0 Å². The molecule has 0 amide bonds. The SMILES string of the molecule is CCSc1c(F)cc(CNC2CC2)cc1F. The Morgan fingerprint density at radius 1 is 1.31 bits per heavy atom. The minimum atomic E-state index is -0.445. The minimum absolute atomic E-state index is 0.137. The van der Waals surface area contributed by atoms with Gasteiger partial charge in [0, 0.05) is 12.6 Å². The Labute approximate surface area is 98.6 Å². The molecule has 0 bridgehead atoms. The summed E-state index contributed by atoms with van der Waals surface area (Å²) in [6.07, 6.45) is 2.35. The van der Waals surface area contributed by atoms with Crippen LogP contribution in [0.4, 0.5) is 8.78 Å². The predicted molar refractivity (Wildman–Crippen MR) is 62.6 cm³/mol. The van der Waals surface area contributed by atoms with Gasteiger partial charge in [0.25, 0.3) is 0 Å². The van der Waals surface area contributed by atoms with E-state index in [9.17, 15) is 8.78 Å². The van der Waals surface area contributed by atoms with Crippen LogP contribution in [0.1, 0.15) is 25.3 Å². The van der Waals surface area contributed by atoms with Gasteiger partial charge in [-0.1, -0.05) is 6.92 Å². The fourth-order valence-electron chi connectivity index (χ4n) is 1.55. The van der Waals surface area contributed by atoms with Crippen LogP contribution in [-0.2, 0) is 6.54 Å². The Morgan fingerprint density at radius 2 is 1.94 bits per heavy atom. The van der Waals surface area contributed by atoms with Crippen molar-refractivity contribution in [1.82, 2.24) is 5.32 Å². The highest BCUT2D eigenvalue weighted by atomic mass is 32.2. The topological polar surface area (TPSA) is 12.0 Å². The minimum Gasteiger partial charge on any atom is -0.310 e. The molecule has 0 aromatic heterocycles. The van der Waals surface area contributed by atoms with Gasteiger partial charge in [0.2, 0.25) is 0 Å². The highest BCUT2D eigenvalue weighted by Gasteiger charge is 2.20. The molecule has 0 radical (unpaired) electrons. The smallest absolute Gasteiger partial charge is 0.140 e. The summed E-state index contributed by atoms with van der Waals surface area (Å²) in [7, 11) is 0. The lowest BCUT2D eigenvalue weighted by Gasteiger charge is -2.07. The standard InChI is InChI=1S/C12H15F2NS/c1-2-16-12-10(13)5-8(6-11(12)14)7-15-9-3-4-9/h5-6,9,15H,2-4,7H2,1H3. The number of thioether (sulfide) groups is 1. The van der Waals surface area contributed by atoms with Crippen LogP contribution in [-0.4, -0.2) is 11.8 Å². The monoisotopic (exact) mass is 243 g/mol. The first-order valence-corrected chi connectivity index (χ1v) is 6.53. The highest BCUT2D eigenvalue weighted by Crippen LogP contribution is 2.26. The van der Waals surface area contributed by atoms with Crippen molar-refractivity contribution in [2.45, 2.75) is 37.2 Å². The zero-order valence-corrected chi connectivity index (χ0v) is 10.0. The van der Waals surface area contributed by atoms with E-state index in [0.29, 0.717) is 23.9 Å². The summed E-state index contributed by atoms with van der Waals surface area (Å²) in [5.74, 6) is -0.216. The van der Waals surface area contributed by atoms with Gasteiger partial charge in [0.05, 0.1) is 4.90 Å². The van der Waals surface area contributed by atoms with Gasteiger partial charge in [-0.25, -0.2) is 8.78 Å². The van der Waals surface area contributed by atoms with Crippen molar-refractivity contribution < 1.29 is 8.78 Å². The fraction of sp³-hybridized carbons (Fsp3) is 0.500. The maximum Gasteiger partial charge on any atom is 0.140 e. The number of nitrogens with one attached hydrogen (secondary N) is 1. The molecule has 0 atom stereocenters. The Hall–Kier alpha value is -0.610. The molecular weight excluding hydrogens is 228 g/mol. The second kappa shape index (κ2) is 5.15. The number of hydrogen-bond donors (Lipinski definition) is 1. The van der Waals surface area contributed by atoms with E-state index in [-0.39, 0.29) is 4.90 Å². The third kappa shape index (κ3) is 2.95. The van der Waals surface area contributed by atoms with Crippen LogP contribution in [0.25, 0.3) is 0 Å². The number of benzene rings is 1. The number of halogens is 2. The van der Waals surface area contributed by atoms with Gasteiger partial charge in [-0.3, -0.25) is 0 Å². The Bertz CT molecular complexity index is 354. The number of rotatable bonds is 5. The lowest BCUT2D eigenvalue weighted by molar-refractivity contribution is 0.534. The molecule has 88 valence electrons. The van der Waals surface area contributed by atoms with Crippen LogP contribution < -0.4 is 5.32 Å². The van der Waals surface area contributed by atoms with Crippen LogP contribution in [0.3, 0.4) is 0 Å². The predicted octanol–water partition coefficient (Wildman–Crippen LogP) is 3.33. The summed E-state index contributed by atoms with van der Waals surface area (Å²) in [6.45, 7) is 2.43. The van der Waals surface area contributed by atoms with E-state index >= 15 is 0 Å². The number of hydrogen-bond acceptors (Lipinski definition) is 2. The first-order chi connectivity index (χ1) is 7.70. The molecule has 1 aromatic carbocycles. The van der Waals surface area contributed by atoms with Crippen LogP contribution in [0, 0.1) is 11.6 Å². The van der Waals surface area contributed by atoms with E-state index in [4.69, 9.17) is 0 Å². The highest BCUT2D eigenvalue weighted by molar-refractivity contribution is 7.99. The lowest BCUT2D eigenvalue weighted by Crippen LogP contribution is -2.15. The Kier molecular flexibility index (Phi) is 3.82. The molecule has 0 spiro atoms. The molecule has 1 aliphatic carbocycles. The van der Waals surface area contributed by atoms with Crippen molar-refractivity contribution in [3.8, 4) is 0 Å². The van der Waals surface area contributed by atoms with Crippen molar-refractivity contribution in [2.24, 2.45) is 0 Å². The third-order valence-electron chi connectivity index (χ3n) is 2.52. The van der Waals surface area contributed by atoms with Gasteiger partial charge in [-0.15, -0.1) is 11.8 Å². The summed E-state index contributed by atoms with van der Waals surface area (Å²) < 4.78 is 27.1. The van der Waals surface area contributed by atoms with Gasteiger partial charge in [-0.2, -0.15) is 0 Å². The van der Waals surface area contributed by atoms with E-state index in [0.717, 1.165) is 0 Å². The molecular formula is C12H15F2NS. The Morgan fingerprint density at radius 3 is 2.44 bits per heavy atom. The second-order valence-electron chi connectivity index (χ2n) is 3.98. The molecule has 2 rings (SSSR count). The first-order valence-electron chi connectivity index (χ1n) is 5.54. The van der Waals surface area contributed by atoms with Crippen LogP contribution >= 0.6 is 11.8 Å². The normalized spacial score (nSPS) is 15.4. The summed E-state index contributed by atoms with van der Waals surface area (Å²) in [5, 5.41) is 3.24. The van der Waals surface area contributed by atoms with Crippen molar-refractivity contribution in [3.63, 3.8) is 0 Å². The van der Waals surface area contributed by atoms with Crippen molar-refractivity contribution in [2.75, 3.05) is 5.75 Å². The van der Waals surface area contributed by atoms with Crippen molar-refractivity contribution in [3.05, 3.63) is 29.3 Å². The molecule has 0 unspecified atom stereocenters. The van der Waals surface area contributed by atoms with E-state index in [1.165, 1.54) is 36.7 Å². The zero-order valence-electron chi connectivity index (χ0n) is 9.22. The van der Waals surface area contributed by atoms with E-state index in [1.54, 1.807) is 0 Å². The quantitative estimate of drug-likeness (QED) is 0.796. The summed E-state index contributed by atoms with van der Waals surface area (Å²) in [6, 6.07) is 3.41. The molecule has 1 nitrogen and oxygen atoms in total. The molecule has 16 heavy (non-hydrogen) atoms. The van der Waals surface area contributed by atoms with Crippen molar-refractivity contribution >= 4 is 11.8 Å². The van der Waals surface area contributed by atoms with Gasteiger partial charge in [0.15, 0.2) is 0 Å². The summed E-state index contributed by atoms with van der Waals surface area (Å²) in [5.41, 5.74) is 0.683. The maximum atomic E-state index is 13.5. The molecule has 4 heteroatoms. The van der Waals surface area contributed by atoms with Crippen LogP contribution in [0.2, 0.25) is 0 Å². The lowest BCUT2D eigenvalue weighted by atomic mass is 10.2. The van der Waals surface area contributed by atoms with E-state index < -0.39 is 11.6 Å².